The molecule has 1 aromatic heterocycles. The molecule has 2 aromatic rings. The monoisotopic (exact) mass is 243 g/mol. The molecule has 0 amide bonds. The number of pyridine rings is 1. The van der Waals surface area contributed by atoms with Crippen LogP contribution in [0.5, 0.6) is 0 Å². The highest BCUT2D eigenvalue weighted by atomic mass is 16.6. The summed E-state index contributed by atoms with van der Waals surface area (Å²) < 4.78 is 0. The maximum atomic E-state index is 10.9. The first kappa shape index (κ1) is 12.0. The zero-order valence-corrected chi connectivity index (χ0v) is 9.96. The van der Waals surface area contributed by atoms with Crippen molar-refractivity contribution in [3.8, 4) is 0 Å². The Morgan fingerprint density at radius 2 is 2.11 bits per heavy atom. The van der Waals surface area contributed by atoms with E-state index in [-0.39, 0.29) is 10.6 Å². The molecule has 1 heterocycles. The Bertz CT molecular complexity index is 570. The zero-order chi connectivity index (χ0) is 13.0. The summed E-state index contributed by atoms with van der Waals surface area (Å²) in [5.41, 5.74) is 2.75. The molecule has 0 aliphatic rings. The van der Waals surface area contributed by atoms with Crippen LogP contribution in [0, 0.1) is 17.0 Å². The molecule has 18 heavy (non-hydrogen) atoms. The van der Waals surface area contributed by atoms with Crippen molar-refractivity contribution in [3.63, 3.8) is 0 Å². The Labute approximate surface area is 105 Å². The van der Waals surface area contributed by atoms with Crippen LogP contribution >= 0.6 is 0 Å². The molecule has 5 nitrogen and oxygen atoms in total. The van der Waals surface area contributed by atoms with Crippen LogP contribution in [0.2, 0.25) is 0 Å². The molecule has 1 aromatic carbocycles. The van der Waals surface area contributed by atoms with Crippen LogP contribution in [0.25, 0.3) is 0 Å². The van der Waals surface area contributed by atoms with Crippen molar-refractivity contribution in [1.82, 2.24) is 4.98 Å². The second-order valence-electron chi connectivity index (χ2n) is 3.93. The minimum absolute atomic E-state index is 0.136. The van der Waals surface area contributed by atoms with Crippen molar-refractivity contribution in [2.45, 2.75) is 13.5 Å². The number of rotatable bonds is 4. The fourth-order valence-corrected chi connectivity index (χ4v) is 1.70. The van der Waals surface area contributed by atoms with Gasteiger partial charge >= 0.3 is 0 Å². The summed E-state index contributed by atoms with van der Waals surface area (Å²) in [5.74, 6) is 0. The van der Waals surface area contributed by atoms with Crippen molar-refractivity contribution in [3.05, 3.63) is 64.0 Å². The van der Waals surface area contributed by atoms with Crippen molar-refractivity contribution in [2.75, 3.05) is 5.32 Å². The van der Waals surface area contributed by atoms with Crippen LogP contribution in [0.3, 0.4) is 0 Å². The van der Waals surface area contributed by atoms with E-state index in [1.807, 2.05) is 13.0 Å². The van der Waals surface area contributed by atoms with Crippen molar-refractivity contribution < 1.29 is 4.92 Å². The summed E-state index contributed by atoms with van der Waals surface area (Å²) in [4.78, 5) is 14.5. The molecule has 1 N–H and O–H groups in total. The van der Waals surface area contributed by atoms with Crippen LogP contribution in [-0.2, 0) is 6.54 Å². The number of nitro benzene ring substituents is 1. The van der Waals surface area contributed by atoms with Gasteiger partial charge < -0.3 is 5.32 Å². The van der Waals surface area contributed by atoms with Gasteiger partial charge in [0.25, 0.3) is 5.69 Å². The Kier molecular flexibility index (Phi) is 3.52. The third-order valence-corrected chi connectivity index (χ3v) is 2.68. The molecule has 5 heteroatoms. The largest absolute Gasteiger partial charge is 0.380 e. The summed E-state index contributed by atoms with van der Waals surface area (Å²) in [6.07, 6.45) is 3.44. The second-order valence-corrected chi connectivity index (χ2v) is 3.93. The number of benzene rings is 1. The number of hydrogen-bond donors (Lipinski definition) is 1. The van der Waals surface area contributed by atoms with Crippen LogP contribution in [0.15, 0.2) is 42.7 Å². The number of nitrogens with zero attached hydrogens (tertiary/aromatic N) is 2. The van der Waals surface area contributed by atoms with E-state index < -0.39 is 0 Å². The summed E-state index contributed by atoms with van der Waals surface area (Å²) in [7, 11) is 0. The molecule has 2 rings (SSSR count). The van der Waals surface area contributed by atoms with Gasteiger partial charge in [-0.3, -0.25) is 15.1 Å². The Balaban J connectivity index is 2.16. The summed E-state index contributed by atoms with van der Waals surface area (Å²) in [6, 6.07) is 8.57. The zero-order valence-electron chi connectivity index (χ0n) is 9.96. The minimum atomic E-state index is -0.365. The summed E-state index contributed by atoms with van der Waals surface area (Å²) in [5, 5.41) is 14.0. The first-order valence-electron chi connectivity index (χ1n) is 5.55. The van der Waals surface area contributed by atoms with E-state index in [0.29, 0.717) is 12.1 Å². The van der Waals surface area contributed by atoms with E-state index in [0.717, 1.165) is 11.3 Å². The molecule has 0 spiro atoms. The van der Waals surface area contributed by atoms with E-state index in [4.69, 9.17) is 0 Å². The number of nitro groups is 1. The van der Waals surface area contributed by atoms with Gasteiger partial charge in [0.2, 0.25) is 0 Å². The highest BCUT2D eigenvalue weighted by Gasteiger charge is 2.11. The standard InChI is InChI=1S/C13H13N3O2/c1-10-8-14-7-6-12(10)15-9-11-4-2-3-5-13(11)16(17)18/h2-8H,9H2,1H3,(H,14,15). The van der Waals surface area contributed by atoms with E-state index in [2.05, 4.69) is 10.3 Å². The first-order chi connectivity index (χ1) is 8.68. The molecule has 0 fully saturated rings. The highest BCUT2D eigenvalue weighted by Crippen LogP contribution is 2.20. The smallest absolute Gasteiger partial charge is 0.274 e. The average Bonchev–Trinajstić information content (AvgIpc) is 2.38. The van der Waals surface area contributed by atoms with Crippen molar-refractivity contribution in [2.24, 2.45) is 0 Å². The SMILES string of the molecule is Cc1cnccc1NCc1ccccc1[N+](=O)[O-]. The number of aromatic nitrogens is 1. The van der Waals surface area contributed by atoms with Crippen LogP contribution in [-0.4, -0.2) is 9.91 Å². The molecule has 0 atom stereocenters. The van der Waals surface area contributed by atoms with Gasteiger partial charge in [-0.05, 0) is 18.6 Å². The third kappa shape index (κ3) is 2.63. The van der Waals surface area contributed by atoms with Gasteiger partial charge in [0.1, 0.15) is 0 Å². The summed E-state index contributed by atoms with van der Waals surface area (Å²) >= 11 is 0. The quantitative estimate of drug-likeness (QED) is 0.662. The predicted octanol–water partition coefficient (Wildman–Crippen LogP) is 2.91. The molecule has 92 valence electrons. The predicted molar refractivity (Wildman–Crippen MR) is 69.4 cm³/mol. The molecule has 0 aliphatic carbocycles. The average molecular weight is 243 g/mol. The Hall–Kier alpha value is -2.43. The lowest BCUT2D eigenvalue weighted by molar-refractivity contribution is -0.385. The topological polar surface area (TPSA) is 68.1 Å². The molecule has 0 radical (unpaired) electrons. The van der Waals surface area contributed by atoms with Gasteiger partial charge in [0, 0.05) is 36.3 Å². The molecular weight excluding hydrogens is 230 g/mol. The molecule has 0 unspecified atom stereocenters. The van der Waals surface area contributed by atoms with E-state index in [1.54, 1.807) is 30.6 Å². The molecule has 0 bridgehead atoms. The Morgan fingerprint density at radius 1 is 1.33 bits per heavy atom. The lowest BCUT2D eigenvalue weighted by Gasteiger charge is -2.09. The summed E-state index contributed by atoms with van der Waals surface area (Å²) in [6.45, 7) is 2.36. The maximum absolute atomic E-state index is 10.9. The van der Waals surface area contributed by atoms with Gasteiger partial charge in [0.05, 0.1) is 4.92 Å². The van der Waals surface area contributed by atoms with Gasteiger partial charge in [-0.1, -0.05) is 18.2 Å². The lowest BCUT2D eigenvalue weighted by atomic mass is 10.1. The van der Waals surface area contributed by atoms with Gasteiger partial charge in [-0.15, -0.1) is 0 Å². The molecule has 0 saturated heterocycles. The van der Waals surface area contributed by atoms with E-state index >= 15 is 0 Å². The second kappa shape index (κ2) is 5.27. The molecule has 0 saturated carbocycles. The third-order valence-electron chi connectivity index (χ3n) is 2.68. The van der Waals surface area contributed by atoms with Gasteiger partial charge in [-0.25, -0.2) is 0 Å². The van der Waals surface area contributed by atoms with Crippen LogP contribution < -0.4 is 5.32 Å². The number of aryl methyl sites for hydroxylation is 1. The van der Waals surface area contributed by atoms with Crippen molar-refractivity contribution in [1.29, 1.82) is 0 Å². The first-order valence-corrected chi connectivity index (χ1v) is 5.55. The Morgan fingerprint density at radius 3 is 2.83 bits per heavy atom. The van der Waals surface area contributed by atoms with E-state index in [1.165, 1.54) is 6.07 Å². The fourth-order valence-electron chi connectivity index (χ4n) is 1.70. The van der Waals surface area contributed by atoms with Crippen LogP contribution in [0.4, 0.5) is 11.4 Å². The number of anilines is 1. The number of hydrogen-bond acceptors (Lipinski definition) is 4. The highest BCUT2D eigenvalue weighted by molar-refractivity contribution is 5.50. The maximum Gasteiger partial charge on any atom is 0.274 e. The normalized spacial score (nSPS) is 10.1. The van der Waals surface area contributed by atoms with Gasteiger partial charge in [-0.2, -0.15) is 0 Å². The van der Waals surface area contributed by atoms with Crippen molar-refractivity contribution >= 4 is 11.4 Å². The van der Waals surface area contributed by atoms with Gasteiger partial charge in [0.15, 0.2) is 0 Å². The number of para-hydroxylation sites is 1. The van der Waals surface area contributed by atoms with E-state index in [9.17, 15) is 10.1 Å². The molecule has 0 aliphatic heterocycles. The lowest BCUT2D eigenvalue weighted by Crippen LogP contribution is -2.04. The fraction of sp³-hybridized carbons (Fsp3) is 0.154. The number of nitrogens with one attached hydrogen (secondary N) is 1. The molecular formula is C13H13N3O2. The van der Waals surface area contributed by atoms with Crippen LogP contribution in [0.1, 0.15) is 11.1 Å². The minimum Gasteiger partial charge on any atom is -0.380 e.